The largest absolute Gasteiger partial charge is 0.495 e. The summed E-state index contributed by atoms with van der Waals surface area (Å²) in [6.07, 6.45) is 0.283. The molecule has 1 fully saturated rings. The molecule has 0 unspecified atom stereocenters. The van der Waals surface area contributed by atoms with Crippen molar-refractivity contribution in [2.45, 2.75) is 6.42 Å². The average molecular weight is 400 g/mol. The lowest BCUT2D eigenvalue weighted by atomic mass is 10.1. The number of nitrogens with zero attached hydrogens (tertiary/aromatic N) is 2. The molecule has 156 valence electrons. The van der Waals surface area contributed by atoms with Crippen LogP contribution in [-0.4, -0.2) is 65.4 Å². The van der Waals surface area contributed by atoms with Gasteiger partial charge in [-0.2, -0.15) is 0 Å². The van der Waals surface area contributed by atoms with E-state index in [4.69, 9.17) is 18.9 Å². The van der Waals surface area contributed by atoms with Crippen LogP contribution in [0.15, 0.2) is 36.4 Å². The van der Waals surface area contributed by atoms with Gasteiger partial charge in [0, 0.05) is 26.2 Å². The van der Waals surface area contributed by atoms with E-state index in [0.29, 0.717) is 30.3 Å². The van der Waals surface area contributed by atoms with Gasteiger partial charge in [-0.3, -0.25) is 4.79 Å². The van der Waals surface area contributed by atoms with Gasteiger partial charge in [-0.1, -0.05) is 12.1 Å². The first-order valence-electron chi connectivity index (χ1n) is 9.55. The third kappa shape index (κ3) is 4.50. The van der Waals surface area contributed by atoms with Crippen LogP contribution in [0.25, 0.3) is 0 Å². The number of piperazine rings is 1. The maximum atomic E-state index is 12.9. The molecule has 2 aromatic rings. The van der Waals surface area contributed by atoms with Crippen molar-refractivity contribution in [1.82, 2.24) is 4.90 Å². The summed E-state index contributed by atoms with van der Waals surface area (Å²) < 4.78 is 21.6. The fraction of sp³-hybridized carbons (Fsp3) is 0.409. The molecule has 1 saturated heterocycles. The Kier molecular flexibility index (Phi) is 6.69. The number of carbonyl (C=O) groups is 1. The van der Waals surface area contributed by atoms with Crippen LogP contribution >= 0.6 is 0 Å². The van der Waals surface area contributed by atoms with Crippen molar-refractivity contribution in [3.05, 3.63) is 42.0 Å². The van der Waals surface area contributed by atoms with Crippen molar-refractivity contribution in [2.24, 2.45) is 0 Å². The number of ether oxygens (including phenoxy) is 4. The van der Waals surface area contributed by atoms with Crippen LogP contribution < -0.4 is 23.8 Å². The Morgan fingerprint density at radius 2 is 1.41 bits per heavy atom. The number of benzene rings is 2. The van der Waals surface area contributed by atoms with E-state index in [2.05, 4.69) is 4.90 Å². The van der Waals surface area contributed by atoms with Crippen LogP contribution in [0.2, 0.25) is 0 Å². The minimum atomic E-state index is 0.0824. The van der Waals surface area contributed by atoms with Crippen LogP contribution in [0.5, 0.6) is 23.0 Å². The van der Waals surface area contributed by atoms with E-state index < -0.39 is 0 Å². The van der Waals surface area contributed by atoms with Crippen LogP contribution in [0.3, 0.4) is 0 Å². The van der Waals surface area contributed by atoms with Gasteiger partial charge in [0.05, 0.1) is 40.5 Å². The normalized spacial score (nSPS) is 13.8. The monoisotopic (exact) mass is 400 g/mol. The summed E-state index contributed by atoms with van der Waals surface area (Å²) in [5.41, 5.74) is 1.89. The van der Waals surface area contributed by atoms with Crippen LogP contribution in [0.1, 0.15) is 5.56 Å². The molecule has 0 N–H and O–H groups in total. The molecular weight excluding hydrogens is 372 g/mol. The second-order valence-corrected chi connectivity index (χ2v) is 6.75. The molecule has 0 spiro atoms. The summed E-state index contributed by atoms with van der Waals surface area (Å²) >= 11 is 0. The lowest BCUT2D eigenvalue weighted by Gasteiger charge is -2.36. The maximum Gasteiger partial charge on any atom is 0.227 e. The van der Waals surface area contributed by atoms with E-state index >= 15 is 0 Å². The number of amides is 1. The van der Waals surface area contributed by atoms with E-state index in [1.165, 1.54) is 0 Å². The fourth-order valence-corrected chi connectivity index (χ4v) is 3.61. The van der Waals surface area contributed by atoms with Gasteiger partial charge < -0.3 is 28.7 Å². The zero-order valence-corrected chi connectivity index (χ0v) is 17.4. The molecule has 0 atom stereocenters. The Morgan fingerprint density at radius 1 is 0.828 bits per heavy atom. The molecule has 1 aliphatic rings. The number of anilines is 1. The molecule has 1 aliphatic heterocycles. The van der Waals surface area contributed by atoms with Gasteiger partial charge in [0.1, 0.15) is 5.75 Å². The van der Waals surface area contributed by atoms with Gasteiger partial charge in [-0.25, -0.2) is 0 Å². The first-order valence-corrected chi connectivity index (χ1v) is 9.55. The van der Waals surface area contributed by atoms with Gasteiger partial charge >= 0.3 is 0 Å². The molecule has 3 rings (SSSR count). The highest BCUT2D eigenvalue weighted by Crippen LogP contribution is 2.38. The molecule has 0 bridgehead atoms. The molecule has 0 aliphatic carbocycles. The van der Waals surface area contributed by atoms with E-state index in [-0.39, 0.29) is 12.3 Å². The lowest BCUT2D eigenvalue weighted by molar-refractivity contribution is -0.130. The van der Waals surface area contributed by atoms with Gasteiger partial charge in [-0.05, 0) is 29.8 Å². The second-order valence-electron chi connectivity index (χ2n) is 6.75. The van der Waals surface area contributed by atoms with Gasteiger partial charge in [0.25, 0.3) is 0 Å². The van der Waals surface area contributed by atoms with Crippen LogP contribution in [0, 0.1) is 0 Å². The summed E-state index contributed by atoms with van der Waals surface area (Å²) in [6, 6.07) is 11.6. The average Bonchev–Trinajstić information content (AvgIpc) is 2.78. The molecule has 0 radical (unpaired) electrons. The molecule has 0 saturated carbocycles. The zero-order valence-electron chi connectivity index (χ0n) is 17.4. The molecule has 2 aromatic carbocycles. The third-order valence-corrected chi connectivity index (χ3v) is 5.14. The van der Waals surface area contributed by atoms with E-state index in [1.807, 2.05) is 41.3 Å². The van der Waals surface area contributed by atoms with E-state index in [1.54, 1.807) is 28.4 Å². The van der Waals surface area contributed by atoms with E-state index in [0.717, 1.165) is 30.1 Å². The number of para-hydroxylation sites is 2. The Bertz CT molecular complexity index is 822. The van der Waals surface area contributed by atoms with Gasteiger partial charge in [-0.15, -0.1) is 0 Å². The van der Waals surface area contributed by atoms with Crippen molar-refractivity contribution in [3.63, 3.8) is 0 Å². The van der Waals surface area contributed by atoms with Crippen LogP contribution in [-0.2, 0) is 11.2 Å². The Hall–Kier alpha value is -3.09. The molecular formula is C22H28N2O5. The number of carbonyl (C=O) groups excluding carboxylic acids is 1. The van der Waals surface area contributed by atoms with Crippen molar-refractivity contribution in [1.29, 1.82) is 0 Å². The molecule has 29 heavy (non-hydrogen) atoms. The number of hydrogen-bond acceptors (Lipinski definition) is 6. The first-order chi connectivity index (χ1) is 14.1. The molecule has 7 nitrogen and oxygen atoms in total. The smallest absolute Gasteiger partial charge is 0.227 e. The summed E-state index contributed by atoms with van der Waals surface area (Å²) in [6.45, 7) is 2.87. The van der Waals surface area contributed by atoms with Crippen molar-refractivity contribution >= 4 is 11.6 Å². The highest BCUT2D eigenvalue weighted by atomic mass is 16.5. The fourth-order valence-electron chi connectivity index (χ4n) is 3.61. The SMILES string of the molecule is COc1ccccc1N1CCN(C(=O)Cc2cc(OC)c(OC)c(OC)c2)CC1. The minimum Gasteiger partial charge on any atom is -0.495 e. The van der Waals surface area contributed by atoms with Crippen molar-refractivity contribution in [3.8, 4) is 23.0 Å². The highest BCUT2D eigenvalue weighted by molar-refractivity contribution is 5.80. The topological polar surface area (TPSA) is 60.5 Å². The molecule has 0 aromatic heterocycles. The Balaban J connectivity index is 1.66. The number of methoxy groups -OCH3 is 4. The second kappa shape index (κ2) is 9.41. The third-order valence-electron chi connectivity index (χ3n) is 5.14. The standard InChI is InChI=1S/C22H28N2O5/c1-26-18-8-6-5-7-17(18)23-9-11-24(12-10-23)21(25)15-16-13-19(27-2)22(29-4)20(14-16)28-3/h5-8,13-14H,9-12,15H2,1-4H3. The Morgan fingerprint density at radius 3 is 1.97 bits per heavy atom. The summed E-state index contributed by atoms with van der Waals surface area (Å²) in [5.74, 6) is 2.56. The van der Waals surface area contributed by atoms with Gasteiger partial charge in [0.15, 0.2) is 11.5 Å². The van der Waals surface area contributed by atoms with Crippen LogP contribution in [0.4, 0.5) is 5.69 Å². The molecule has 1 amide bonds. The van der Waals surface area contributed by atoms with E-state index in [9.17, 15) is 4.79 Å². The van der Waals surface area contributed by atoms with Crippen molar-refractivity contribution < 1.29 is 23.7 Å². The first kappa shape index (κ1) is 20.6. The summed E-state index contributed by atoms with van der Waals surface area (Å²) in [4.78, 5) is 17.0. The predicted octanol–water partition coefficient (Wildman–Crippen LogP) is 2.61. The minimum absolute atomic E-state index is 0.0824. The van der Waals surface area contributed by atoms with Gasteiger partial charge in [0.2, 0.25) is 11.7 Å². The lowest BCUT2D eigenvalue weighted by Crippen LogP contribution is -2.49. The summed E-state index contributed by atoms with van der Waals surface area (Å²) in [5, 5.41) is 0. The Labute approximate surface area is 171 Å². The highest BCUT2D eigenvalue weighted by Gasteiger charge is 2.24. The van der Waals surface area contributed by atoms with Crippen molar-refractivity contribution in [2.75, 3.05) is 59.5 Å². The quantitative estimate of drug-likeness (QED) is 0.712. The zero-order chi connectivity index (χ0) is 20.8. The molecule has 7 heteroatoms. The molecule has 1 heterocycles. The maximum absolute atomic E-state index is 12.9. The summed E-state index contributed by atoms with van der Waals surface area (Å²) in [7, 11) is 6.38. The number of rotatable bonds is 7. The number of hydrogen-bond donors (Lipinski definition) is 0. The predicted molar refractivity (Wildman–Crippen MR) is 112 cm³/mol.